The lowest BCUT2D eigenvalue weighted by molar-refractivity contribution is -0.117. The molecule has 0 aliphatic carbocycles. The Bertz CT molecular complexity index is 1390. The van der Waals surface area contributed by atoms with Crippen LogP contribution >= 0.6 is 0 Å². The first-order valence-electron chi connectivity index (χ1n) is 11.8. The Morgan fingerprint density at radius 1 is 1.03 bits per heavy atom. The molecule has 1 saturated heterocycles. The fourth-order valence-corrected chi connectivity index (χ4v) is 4.98. The summed E-state index contributed by atoms with van der Waals surface area (Å²) in [5, 5.41) is 5.09. The average molecular weight is 456 g/mol. The minimum Gasteiger partial charge on any atom is -0.444 e. The lowest BCUT2D eigenvalue weighted by Gasteiger charge is -2.22. The number of nitrogens with one attached hydrogen (secondary N) is 1. The van der Waals surface area contributed by atoms with Crippen LogP contribution in [0.15, 0.2) is 66.7 Å². The zero-order valence-corrected chi connectivity index (χ0v) is 19.7. The molecule has 0 spiro atoms. The molecule has 6 nitrogen and oxygen atoms in total. The second-order valence-electron chi connectivity index (χ2n) is 9.07. The first-order chi connectivity index (χ1) is 16.5. The number of para-hydroxylation sites is 2. The van der Waals surface area contributed by atoms with Crippen LogP contribution in [0.5, 0.6) is 0 Å². The normalized spacial score (nSPS) is 16.1. The van der Waals surface area contributed by atoms with Crippen LogP contribution in [0, 0.1) is 0 Å². The van der Waals surface area contributed by atoms with Crippen LogP contribution < -0.4 is 10.2 Å². The molecule has 6 heteroatoms. The van der Waals surface area contributed by atoms with Crippen molar-refractivity contribution in [3.05, 3.63) is 72.3 Å². The highest BCUT2D eigenvalue weighted by molar-refractivity contribution is 6.09. The van der Waals surface area contributed by atoms with E-state index in [9.17, 15) is 9.59 Å². The molecule has 0 bridgehead atoms. The molecule has 1 aliphatic heterocycles. The molecule has 1 N–H and O–H groups in total. The summed E-state index contributed by atoms with van der Waals surface area (Å²) in [6, 6.07) is 22.1. The van der Waals surface area contributed by atoms with Crippen molar-refractivity contribution in [1.82, 2.24) is 4.57 Å². The predicted octanol–water partition coefficient (Wildman–Crippen LogP) is 6.29. The van der Waals surface area contributed by atoms with Crippen LogP contribution in [0.3, 0.4) is 0 Å². The highest BCUT2D eigenvalue weighted by atomic mass is 16.6. The molecule has 1 atom stereocenters. The Labute approximate surface area is 199 Å². The van der Waals surface area contributed by atoms with Crippen LogP contribution in [0.25, 0.3) is 21.8 Å². The van der Waals surface area contributed by atoms with Crippen LogP contribution in [0.2, 0.25) is 0 Å². The molecule has 1 aliphatic rings. The monoisotopic (exact) mass is 455 g/mol. The standard InChI is InChI=1S/C28H29N3O3/c1-4-30-25-12-8-6-10-22(25)23-15-19(13-14-26(23)30)29-28(33)34-20-16-27(32)31(17-20)24-11-7-5-9-21(24)18(2)3/h5-15,18,20H,4,16-17H2,1-3H3,(H,29,33). The highest BCUT2D eigenvalue weighted by Crippen LogP contribution is 2.32. The van der Waals surface area contributed by atoms with Crippen LogP contribution in [0.4, 0.5) is 16.2 Å². The van der Waals surface area contributed by atoms with Gasteiger partial charge in [0.1, 0.15) is 6.10 Å². The summed E-state index contributed by atoms with van der Waals surface area (Å²) in [7, 11) is 0. The average Bonchev–Trinajstić information content (AvgIpc) is 3.35. The van der Waals surface area contributed by atoms with Gasteiger partial charge in [0.15, 0.2) is 0 Å². The van der Waals surface area contributed by atoms with E-state index in [-0.39, 0.29) is 12.3 Å². The van der Waals surface area contributed by atoms with Crippen molar-refractivity contribution in [3.8, 4) is 0 Å². The van der Waals surface area contributed by atoms with E-state index in [0.29, 0.717) is 18.2 Å². The van der Waals surface area contributed by atoms with Crippen molar-refractivity contribution in [2.45, 2.75) is 45.8 Å². The number of ether oxygens (including phenoxy) is 1. The number of nitrogens with zero attached hydrogens (tertiary/aromatic N) is 2. The number of hydrogen-bond donors (Lipinski definition) is 1. The molecule has 0 saturated carbocycles. The molecule has 0 radical (unpaired) electrons. The molecule has 1 aromatic heterocycles. The number of aromatic nitrogens is 1. The number of amides is 2. The summed E-state index contributed by atoms with van der Waals surface area (Å²) in [6.45, 7) is 7.57. The highest BCUT2D eigenvalue weighted by Gasteiger charge is 2.34. The van der Waals surface area contributed by atoms with E-state index >= 15 is 0 Å². The molecule has 5 rings (SSSR count). The van der Waals surface area contributed by atoms with Gasteiger partial charge in [0.05, 0.1) is 13.0 Å². The van der Waals surface area contributed by atoms with E-state index in [1.165, 1.54) is 5.52 Å². The van der Waals surface area contributed by atoms with Gasteiger partial charge in [-0.05, 0) is 48.7 Å². The Kier molecular flexibility index (Phi) is 5.74. The van der Waals surface area contributed by atoms with Crippen molar-refractivity contribution in [3.63, 3.8) is 0 Å². The molecule has 4 aromatic rings. The summed E-state index contributed by atoms with van der Waals surface area (Å²) >= 11 is 0. The number of carbonyl (C=O) groups is 2. The van der Waals surface area contributed by atoms with Gasteiger partial charge in [-0.25, -0.2) is 4.79 Å². The molecular weight excluding hydrogens is 426 g/mol. The summed E-state index contributed by atoms with van der Waals surface area (Å²) in [5.41, 5.74) is 4.98. The Morgan fingerprint density at radius 3 is 2.56 bits per heavy atom. The molecule has 1 fully saturated rings. The summed E-state index contributed by atoms with van der Waals surface area (Å²) in [4.78, 5) is 27.1. The second kappa shape index (κ2) is 8.86. The van der Waals surface area contributed by atoms with Gasteiger partial charge in [0.2, 0.25) is 5.91 Å². The molecular formula is C28H29N3O3. The van der Waals surface area contributed by atoms with Gasteiger partial charge >= 0.3 is 6.09 Å². The number of anilines is 2. The van der Waals surface area contributed by atoms with Gasteiger partial charge < -0.3 is 14.2 Å². The number of rotatable bonds is 5. The Hall–Kier alpha value is -3.80. The molecule has 174 valence electrons. The lowest BCUT2D eigenvalue weighted by atomic mass is 10.0. The maximum absolute atomic E-state index is 12.7. The molecule has 3 aromatic carbocycles. The number of aryl methyl sites for hydroxylation is 1. The van der Waals surface area contributed by atoms with Gasteiger partial charge in [0.25, 0.3) is 0 Å². The van der Waals surface area contributed by atoms with E-state index in [0.717, 1.165) is 34.1 Å². The van der Waals surface area contributed by atoms with E-state index in [2.05, 4.69) is 42.8 Å². The van der Waals surface area contributed by atoms with Crippen molar-refractivity contribution in [2.24, 2.45) is 0 Å². The van der Waals surface area contributed by atoms with Crippen molar-refractivity contribution >= 4 is 45.2 Å². The zero-order valence-electron chi connectivity index (χ0n) is 19.7. The smallest absolute Gasteiger partial charge is 0.411 e. The van der Waals surface area contributed by atoms with Crippen molar-refractivity contribution in [2.75, 3.05) is 16.8 Å². The van der Waals surface area contributed by atoms with E-state index in [4.69, 9.17) is 4.74 Å². The number of hydrogen-bond acceptors (Lipinski definition) is 3. The SMILES string of the molecule is CCn1c2ccccc2c2cc(NC(=O)OC3CC(=O)N(c4ccccc4C(C)C)C3)ccc21. The van der Waals surface area contributed by atoms with E-state index < -0.39 is 12.2 Å². The van der Waals surface area contributed by atoms with Crippen LogP contribution in [0.1, 0.15) is 38.7 Å². The zero-order chi connectivity index (χ0) is 23.8. The van der Waals surface area contributed by atoms with Crippen molar-refractivity contribution < 1.29 is 14.3 Å². The fraction of sp³-hybridized carbons (Fsp3) is 0.286. The van der Waals surface area contributed by atoms with E-state index in [1.54, 1.807) is 4.90 Å². The Morgan fingerprint density at radius 2 is 1.76 bits per heavy atom. The molecule has 1 unspecified atom stereocenters. The third-order valence-electron chi connectivity index (χ3n) is 6.55. The fourth-order valence-electron chi connectivity index (χ4n) is 4.98. The maximum atomic E-state index is 12.7. The topological polar surface area (TPSA) is 63.6 Å². The van der Waals surface area contributed by atoms with Gasteiger partial charge in [0, 0.05) is 39.7 Å². The molecule has 2 heterocycles. The van der Waals surface area contributed by atoms with Gasteiger partial charge in [-0.15, -0.1) is 0 Å². The summed E-state index contributed by atoms with van der Waals surface area (Å²) < 4.78 is 7.91. The Balaban J connectivity index is 1.31. The molecule has 34 heavy (non-hydrogen) atoms. The lowest BCUT2D eigenvalue weighted by Crippen LogP contribution is -2.28. The number of fused-ring (bicyclic) bond motifs is 3. The minimum atomic E-state index is -0.546. The predicted molar refractivity (Wildman–Crippen MR) is 137 cm³/mol. The number of benzene rings is 3. The first-order valence-corrected chi connectivity index (χ1v) is 11.8. The van der Waals surface area contributed by atoms with Gasteiger partial charge in [-0.2, -0.15) is 0 Å². The van der Waals surface area contributed by atoms with Crippen LogP contribution in [-0.2, 0) is 16.1 Å². The summed E-state index contributed by atoms with van der Waals surface area (Å²) in [6.07, 6.45) is -0.850. The quantitative estimate of drug-likeness (QED) is 0.385. The largest absolute Gasteiger partial charge is 0.444 e. The first kappa shape index (κ1) is 22.0. The van der Waals surface area contributed by atoms with E-state index in [1.807, 2.05) is 54.6 Å². The van der Waals surface area contributed by atoms with Crippen LogP contribution in [-0.4, -0.2) is 29.2 Å². The minimum absolute atomic E-state index is 0.0281. The second-order valence-corrected chi connectivity index (χ2v) is 9.07. The third-order valence-corrected chi connectivity index (χ3v) is 6.55. The maximum Gasteiger partial charge on any atom is 0.411 e. The van der Waals surface area contributed by atoms with Gasteiger partial charge in [-0.3, -0.25) is 10.1 Å². The summed E-state index contributed by atoms with van der Waals surface area (Å²) in [5.74, 6) is 0.264. The number of carbonyl (C=O) groups excluding carboxylic acids is 2. The van der Waals surface area contributed by atoms with Gasteiger partial charge in [-0.1, -0.05) is 50.2 Å². The molecule has 2 amide bonds. The third kappa shape index (κ3) is 3.89. The van der Waals surface area contributed by atoms with Crippen molar-refractivity contribution in [1.29, 1.82) is 0 Å².